The molecule has 24 heavy (non-hydrogen) atoms. The summed E-state index contributed by atoms with van der Waals surface area (Å²) in [5.74, 6) is -0.861. The molecule has 1 atom stereocenters. The lowest BCUT2D eigenvalue weighted by molar-refractivity contribution is -0.122. The third-order valence-corrected chi connectivity index (χ3v) is 5.99. The molecule has 0 bridgehead atoms. The van der Waals surface area contributed by atoms with Crippen LogP contribution < -0.4 is 5.32 Å². The number of benzene rings is 2. The molecule has 1 fully saturated rings. The van der Waals surface area contributed by atoms with E-state index in [2.05, 4.69) is 5.32 Å². The van der Waals surface area contributed by atoms with Gasteiger partial charge in [-0.25, -0.2) is 12.8 Å². The van der Waals surface area contributed by atoms with Crippen molar-refractivity contribution in [2.45, 2.75) is 30.0 Å². The SMILES string of the molecule is Cc1ccc(S(=O)(=O)C(NC(=O)C2CC2)c2ccc(F)cc2)cc1. The van der Waals surface area contributed by atoms with Crippen LogP contribution in [0, 0.1) is 18.7 Å². The molecule has 0 radical (unpaired) electrons. The van der Waals surface area contributed by atoms with E-state index in [9.17, 15) is 17.6 Å². The van der Waals surface area contributed by atoms with E-state index in [1.54, 1.807) is 12.1 Å². The molecular formula is C18H18FNO3S. The summed E-state index contributed by atoms with van der Waals surface area (Å²) < 4.78 is 39.2. The van der Waals surface area contributed by atoms with Crippen LogP contribution in [0.15, 0.2) is 53.4 Å². The maximum atomic E-state index is 13.2. The fourth-order valence-corrected chi connectivity index (χ4v) is 4.01. The standard InChI is InChI=1S/C18H18FNO3S/c1-12-2-10-16(11-3-12)24(22,23)18(20-17(21)13-4-5-13)14-6-8-15(19)9-7-14/h2-3,6-11,13,18H,4-5H2,1H3,(H,20,21). The fraction of sp³-hybridized carbons (Fsp3) is 0.278. The summed E-state index contributed by atoms with van der Waals surface area (Å²) in [5.41, 5.74) is 1.28. The molecule has 1 aliphatic carbocycles. The number of aryl methyl sites for hydroxylation is 1. The molecule has 1 aliphatic rings. The molecular weight excluding hydrogens is 329 g/mol. The second-order valence-corrected chi connectivity index (χ2v) is 8.11. The van der Waals surface area contributed by atoms with Crippen LogP contribution in [0.25, 0.3) is 0 Å². The van der Waals surface area contributed by atoms with Crippen LogP contribution in [-0.2, 0) is 14.6 Å². The summed E-state index contributed by atoms with van der Waals surface area (Å²) in [6.07, 6.45) is 1.54. The van der Waals surface area contributed by atoms with Crippen LogP contribution in [0.3, 0.4) is 0 Å². The average molecular weight is 347 g/mol. The molecule has 126 valence electrons. The second kappa shape index (κ2) is 6.36. The first-order chi connectivity index (χ1) is 11.4. The van der Waals surface area contributed by atoms with E-state index in [-0.39, 0.29) is 16.7 Å². The summed E-state index contributed by atoms with van der Waals surface area (Å²) in [7, 11) is -3.84. The van der Waals surface area contributed by atoms with Crippen molar-refractivity contribution in [1.82, 2.24) is 5.32 Å². The molecule has 4 nitrogen and oxygen atoms in total. The molecule has 0 aliphatic heterocycles. The highest BCUT2D eigenvalue weighted by Gasteiger charge is 2.36. The molecule has 2 aromatic carbocycles. The molecule has 0 saturated heterocycles. The quantitative estimate of drug-likeness (QED) is 0.904. The Morgan fingerprint density at radius 1 is 1.08 bits per heavy atom. The van der Waals surface area contributed by atoms with Gasteiger partial charge in [0.2, 0.25) is 15.7 Å². The van der Waals surface area contributed by atoms with Crippen molar-refractivity contribution in [2.24, 2.45) is 5.92 Å². The maximum Gasteiger partial charge on any atom is 0.224 e. The second-order valence-electron chi connectivity index (χ2n) is 6.07. The van der Waals surface area contributed by atoms with E-state index in [1.165, 1.54) is 36.4 Å². The number of amides is 1. The highest BCUT2D eigenvalue weighted by Crippen LogP contribution is 2.32. The minimum Gasteiger partial charge on any atom is -0.335 e. The topological polar surface area (TPSA) is 63.2 Å². The van der Waals surface area contributed by atoms with Crippen molar-refractivity contribution in [3.05, 3.63) is 65.5 Å². The molecule has 0 aromatic heterocycles. The van der Waals surface area contributed by atoms with Gasteiger partial charge in [-0.1, -0.05) is 29.8 Å². The third-order valence-electron chi connectivity index (χ3n) is 4.05. The first kappa shape index (κ1) is 16.6. The predicted molar refractivity (Wildman–Crippen MR) is 88.4 cm³/mol. The summed E-state index contributed by atoms with van der Waals surface area (Å²) in [4.78, 5) is 12.3. The van der Waals surface area contributed by atoms with Gasteiger partial charge < -0.3 is 5.32 Å². The maximum absolute atomic E-state index is 13.2. The van der Waals surface area contributed by atoms with Gasteiger partial charge in [-0.2, -0.15) is 0 Å². The number of carbonyl (C=O) groups excluding carboxylic acids is 1. The summed E-state index contributed by atoms with van der Waals surface area (Å²) in [6, 6.07) is 11.6. The van der Waals surface area contributed by atoms with Gasteiger partial charge in [0, 0.05) is 5.92 Å². The van der Waals surface area contributed by atoms with E-state index >= 15 is 0 Å². The van der Waals surface area contributed by atoms with Crippen molar-refractivity contribution in [3.8, 4) is 0 Å². The highest BCUT2D eigenvalue weighted by atomic mass is 32.2. The molecule has 0 heterocycles. The van der Waals surface area contributed by atoms with Crippen molar-refractivity contribution in [3.63, 3.8) is 0 Å². The number of sulfone groups is 1. The Morgan fingerprint density at radius 2 is 1.67 bits per heavy atom. The number of hydrogen-bond donors (Lipinski definition) is 1. The predicted octanol–water partition coefficient (Wildman–Crippen LogP) is 3.13. The van der Waals surface area contributed by atoms with Crippen molar-refractivity contribution >= 4 is 15.7 Å². The Kier molecular flexibility index (Phi) is 4.41. The van der Waals surface area contributed by atoms with Crippen LogP contribution in [0.1, 0.15) is 29.3 Å². The Hall–Kier alpha value is -2.21. The molecule has 0 spiro atoms. The zero-order valence-electron chi connectivity index (χ0n) is 13.2. The molecule has 1 saturated carbocycles. The van der Waals surface area contributed by atoms with Gasteiger partial charge >= 0.3 is 0 Å². The first-order valence-electron chi connectivity index (χ1n) is 7.74. The average Bonchev–Trinajstić information content (AvgIpc) is 3.39. The smallest absolute Gasteiger partial charge is 0.224 e. The van der Waals surface area contributed by atoms with E-state index < -0.39 is 21.0 Å². The van der Waals surface area contributed by atoms with Gasteiger partial charge in [0.15, 0.2) is 5.37 Å². The molecule has 2 aromatic rings. The molecule has 1 unspecified atom stereocenters. The first-order valence-corrected chi connectivity index (χ1v) is 9.29. The number of nitrogens with one attached hydrogen (secondary N) is 1. The van der Waals surface area contributed by atoms with Crippen LogP contribution in [0.4, 0.5) is 4.39 Å². The summed E-state index contributed by atoms with van der Waals surface area (Å²) in [5, 5.41) is 1.39. The van der Waals surface area contributed by atoms with Gasteiger partial charge in [0.05, 0.1) is 4.90 Å². The zero-order valence-corrected chi connectivity index (χ0v) is 14.0. The largest absolute Gasteiger partial charge is 0.335 e. The van der Waals surface area contributed by atoms with Gasteiger partial charge in [0.1, 0.15) is 5.82 Å². The van der Waals surface area contributed by atoms with Crippen molar-refractivity contribution in [1.29, 1.82) is 0 Å². The van der Waals surface area contributed by atoms with Crippen LogP contribution >= 0.6 is 0 Å². The van der Waals surface area contributed by atoms with E-state index in [1.807, 2.05) is 6.92 Å². The fourth-order valence-electron chi connectivity index (χ4n) is 2.43. The minimum absolute atomic E-state index is 0.124. The molecule has 1 N–H and O–H groups in total. The number of carbonyl (C=O) groups is 1. The van der Waals surface area contributed by atoms with Crippen molar-refractivity contribution in [2.75, 3.05) is 0 Å². The number of halogens is 1. The number of rotatable bonds is 5. The van der Waals surface area contributed by atoms with Crippen molar-refractivity contribution < 1.29 is 17.6 Å². The minimum atomic E-state index is -3.84. The van der Waals surface area contributed by atoms with E-state index in [0.717, 1.165) is 18.4 Å². The van der Waals surface area contributed by atoms with Crippen LogP contribution in [0.5, 0.6) is 0 Å². The Balaban J connectivity index is 2.00. The molecule has 6 heteroatoms. The lowest BCUT2D eigenvalue weighted by Crippen LogP contribution is -2.34. The lowest BCUT2D eigenvalue weighted by atomic mass is 10.2. The third kappa shape index (κ3) is 3.48. The molecule has 1 amide bonds. The Labute approximate surface area is 140 Å². The number of hydrogen-bond acceptors (Lipinski definition) is 3. The van der Waals surface area contributed by atoms with E-state index in [0.29, 0.717) is 5.56 Å². The van der Waals surface area contributed by atoms with Gasteiger partial charge in [0.25, 0.3) is 0 Å². The van der Waals surface area contributed by atoms with Crippen LogP contribution in [-0.4, -0.2) is 14.3 Å². The monoisotopic (exact) mass is 347 g/mol. The summed E-state index contributed by atoms with van der Waals surface area (Å²) >= 11 is 0. The van der Waals surface area contributed by atoms with Gasteiger partial charge in [-0.3, -0.25) is 4.79 Å². The lowest BCUT2D eigenvalue weighted by Gasteiger charge is -2.20. The summed E-state index contributed by atoms with van der Waals surface area (Å²) in [6.45, 7) is 1.86. The Bertz CT molecular complexity index is 841. The Morgan fingerprint density at radius 3 is 2.21 bits per heavy atom. The normalized spacial score (nSPS) is 15.8. The highest BCUT2D eigenvalue weighted by molar-refractivity contribution is 7.91. The zero-order chi connectivity index (χ0) is 17.3. The van der Waals surface area contributed by atoms with Gasteiger partial charge in [-0.15, -0.1) is 0 Å². The van der Waals surface area contributed by atoms with Crippen LogP contribution in [0.2, 0.25) is 0 Å². The molecule has 3 rings (SSSR count). The van der Waals surface area contributed by atoms with E-state index in [4.69, 9.17) is 0 Å². The van der Waals surface area contributed by atoms with Gasteiger partial charge in [-0.05, 0) is 49.6 Å².